The zero-order chi connectivity index (χ0) is 26.5. The average molecular weight is 636 g/mol. The normalized spacial score (nSPS) is 20.9. The van der Waals surface area contributed by atoms with Gasteiger partial charge in [0.25, 0.3) is 11.8 Å². The number of ether oxygens (including phenoxy) is 2. The second kappa shape index (κ2) is 12.0. The highest BCUT2D eigenvalue weighted by Crippen LogP contribution is 2.41. The summed E-state index contributed by atoms with van der Waals surface area (Å²) in [5.41, 5.74) is 3.61. The maximum Gasteiger partial charge on any atom is 0.256 e. The van der Waals surface area contributed by atoms with Crippen LogP contribution in [0.25, 0.3) is 0 Å². The van der Waals surface area contributed by atoms with Crippen LogP contribution < -0.4 is 10.6 Å². The highest BCUT2D eigenvalue weighted by Gasteiger charge is 2.47. The van der Waals surface area contributed by atoms with Crippen molar-refractivity contribution in [3.05, 3.63) is 129 Å². The molecule has 0 aromatic heterocycles. The number of para-hydroxylation sites is 2. The molecule has 0 radical (unpaired) electrons. The van der Waals surface area contributed by atoms with E-state index in [2.05, 4.69) is 42.5 Å². The lowest BCUT2D eigenvalue weighted by atomic mass is 10.1. The van der Waals surface area contributed by atoms with Gasteiger partial charge >= 0.3 is 0 Å². The van der Waals surface area contributed by atoms with Crippen LogP contribution in [-0.4, -0.2) is 24.0 Å². The van der Waals surface area contributed by atoms with E-state index in [1.54, 1.807) is 0 Å². The maximum atomic E-state index is 12.0. The van der Waals surface area contributed by atoms with E-state index in [4.69, 9.17) is 9.47 Å². The number of carbonyl (C=O) groups is 2. The van der Waals surface area contributed by atoms with Crippen LogP contribution in [0, 0.1) is 0 Å². The lowest BCUT2D eigenvalue weighted by Crippen LogP contribution is -2.18. The summed E-state index contributed by atoms with van der Waals surface area (Å²) in [7, 11) is 0. The minimum atomic E-state index is -0.394. The van der Waals surface area contributed by atoms with Crippen molar-refractivity contribution in [2.75, 3.05) is 10.6 Å². The van der Waals surface area contributed by atoms with E-state index in [1.807, 2.05) is 109 Å². The number of carbonyl (C=O) groups excluding carboxylic acids is 2. The molecular weight excluding hydrogens is 612 g/mol. The Morgan fingerprint density at radius 3 is 1.32 bits per heavy atom. The van der Waals surface area contributed by atoms with E-state index >= 15 is 0 Å². The van der Waals surface area contributed by atoms with Gasteiger partial charge in [-0.2, -0.15) is 0 Å². The van der Waals surface area contributed by atoms with Gasteiger partial charge in [0.1, 0.15) is 12.2 Å². The van der Waals surface area contributed by atoms with Crippen molar-refractivity contribution in [2.24, 2.45) is 0 Å². The molecule has 38 heavy (non-hydrogen) atoms. The molecule has 2 amide bonds. The third-order valence-electron chi connectivity index (χ3n) is 5.94. The van der Waals surface area contributed by atoms with Crippen molar-refractivity contribution >= 4 is 55.0 Å². The summed E-state index contributed by atoms with van der Waals surface area (Å²) in [6.45, 7) is 0. The third-order valence-corrected chi connectivity index (χ3v) is 6.92. The first-order valence-corrected chi connectivity index (χ1v) is 13.6. The highest BCUT2D eigenvalue weighted by molar-refractivity contribution is 9.10. The Balaban J connectivity index is 0.000000155. The van der Waals surface area contributed by atoms with Crippen molar-refractivity contribution in [2.45, 2.75) is 24.4 Å². The van der Waals surface area contributed by atoms with Gasteiger partial charge in [-0.1, -0.05) is 92.5 Å². The van der Waals surface area contributed by atoms with Gasteiger partial charge in [-0.15, -0.1) is 0 Å². The van der Waals surface area contributed by atoms with Gasteiger partial charge in [-0.3, -0.25) is 9.59 Å². The number of anilines is 2. The number of nitrogens with one attached hydrogen (secondary N) is 2. The van der Waals surface area contributed by atoms with E-state index in [9.17, 15) is 9.59 Å². The summed E-state index contributed by atoms with van der Waals surface area (Å²) in [6, 6.07) is 34.4. The Labute approximate surface area is 237 Å². The van der Waals surface area contributed by atoms with Gasteiger partial charge in [0.15, 0.2) is 12.2 Å². The van der Waals surface area contributed by atoms with E-state index in [0.29, 0.717) is 0 Å². The smallest absolute Gasteiger partial charge is 0.256 e. The molecule has 2 aliphatic heterocycles. The summed E-state index contributed by atoms with van der Waals surface area (Å²) in [4.78, 5) is 24.0. The first kappa shape index (κ1) is 26.3. The van der Waals surface area contributed by atoms with Gasteiger partial charge in [0.2, 0.25) is 0 Å². The largest absolute Gasteiger partial charge is 0.354 e. The van der Waals surface area contributed by atoms with E-state index in [0.717, 1.165) is 31.4 Å². The molecule has 6 rings (SSSR count). The second-order valence-corrected chi connectivity index (χ2v) is 10.6. The SMILES string of the molecule is O=C(Nc1ccccc1)[C@@H]1O[C@@H]1c1cccc(Br)c1.O=C(Nc1ccccc1)[C@@H]1O[C@@H]1c1cccc(Br)c1. The Morgan fingerprint density at radius 1 is 0.553 bits per heavy atom. The average Bonchev–Trinajstić information content (AvgIpc) is 3.84. The highest BCUT2D eigenvalue weighted by atomic mass is 79.9. The Bertz CT molecular complexity index is 1310. The molecule has 2 aliphatic rings. The lowest BCUT2D eigenvalue weighted by Gasteiger charge is -2.02. The van der Waals surface area contributed by atoms with Crippen molar-refractivity contribution in [3.63, 3.8) is 0 Å². The predicted octanol–water partition coefficient (Wildman–Crippen LogP) is 7.06. The molecule has 0 bridgehead atoms. The lowest BCUT2D eigenvalue weighted by molar-refractivity contribution is -0.118. The number of amides is 2. The number of halogens is 2. The van der Waals surface area contributed by atoms with Crippen LogP contribution in [0.1, 0.15) is 23.3 Å². The molecule has 8 heteroatoms. The van der Waals surface area contributed by atoms with E-state index < -0.39 is 12.2 Å². The number of epoxide rings is 2. The van der Waals surface area contributed by atoms with E-state index in [1.165, 1.54) is 0 Å². The van der Waals surface area contributed by atoms with Gasteiger partial charge in [0, 0.05) is 20.3 Å². The zero-order valence-corrected chi connectivity index (χ0v) is 23.3. The number of hydrogen-bond donors (Lipinski definition) is 2. The molecule has 2 saturated heterocycles. The van der Waals surface area contributed by atoms with Gasteiger partial charge in [-0.05, 0) is 59.7 Å². The van der Waals surface area contributed by atoms with Crippen LogP contribution in [0.15, 0.2) is 118 Å². The van der Waals surface area contributed by atoms with Crippen LogP contribution in [0.5, 0.6) is 0 Å². The number of hydrogen-bond acceptors (Lipinski definition) is 4. The molecule has 4 aromatic rings. The molecule has 2 fully saturated rings. The molecule has 0 unspecified atom stereocenters. The summed E-state index contributed by atoms with van der Waals surface area (Å²) in [5, 5.41) is 5.69. The molecule has 0 saturated carbocycles. The second-order valence-electron chi connectivity index (χ2n) is 8.78. The predicted molar refractivity (Wildman–Crippen MR) is 154 cm³/mol. The minimum Gasteiger partial charge on any atom is -0.354 e. The number of benzene rings is 4. The molecule has 4 atom stereocenters. The molecule has 0 aliphatic carbocycles. The van der Waals surface area contributed by atoms with E-state index in [-0.39, 0.29) is 24.0 Å². The molecule has 6 nitrogen and oxygen atoms in total. The van der Waals surface area contributed by atoms with Crippen molar-refractivity contribution < 1.29 is 19.1 Å². The molecule has 0 spiro atoms. The summed E-state index contributed by atoms with van der Waals surface area (Å²) < 4.78 is 12.9. The molecule has 4 aromatic carbocycles. The fraction of sp³-hybridized carbons (Fsp3) is 0.133. The standard InChI is InChI=1S/2C15H12BrNO2/c2*16-11-6-4-5-10(9-11)13-14(19-13)15(18)17-12-7-2-1-3-8-12/h2*1-9,13-14H,(H,17,18)/t2*13-,14-/m11/s1. The molecule has 192 valence electrons. The topological polar surface area (TPSA) is 83.3 Å². The third kappa shape index (κ3) is 6.96. The monoisotopic (exact) mass is 634 g/mol. The number of rotatable bonds is 6. The Hall–Kier alpha value is -3.30. The quantitative estimate of drug-likeness (QED) is 0.222. The maximum absolute atomic E-state index is 12.0. The Kier molecular flexibility index (Phi) is 8.34. The van der Waals surface area contributed by atoms with Crippen LogP contribution in [0.2, 0.25) is 0 Å². The summed E-state index contributed by atoms with van der Waals surface area (Å²) >= 11 is 6.83. The van der Waals surface area contributed by atoms with Crippen LogP contribution in [0.4, 0.5) is 11.4 Å². The summed E-state index contributed by atoms with van der Waals surface area (Å²) in [5.74, 6) is -0.202. The molecule has 2 N–H and O–H groups in total. The first-order valence-electron chi connectivity index (χ1n) is 12.0. The summed E-state index contributed by atoms with van der Waals surface area (Å²) in [6.07, 6.45) is -1.06. The van der Waals surface area contributed by atoms with Crippen molar-refractivity contribution in [1.29, 1.82) is 0 Å². The fourth-order valence-corrected chi connectivity index (χ4v) is 4.80. The van der Waals surface area contributed by atoms with Crippen LogP contribution in [-0.2, 0) is 19.1 Å². The first-order chi connectivity index (χ1) is 18.5. The van der Waals surface area contributed by atoms with Gasteiger partial charge < -0.3 is 20.1 Å². The van der Waals surface area contributed by atoms with Crippen LogP contribution in [0.3, 0.4) is 0 Å². The van der Waals surface area contributed by atoms with Crippen LogP contribution >= 0.6 is 31.9 Å². The van der Waals surface area contributed by atoms with Crippen molar-refractivity contribution in [1.82, 2.24) is 0 Å². The van der Waals surface area contributed by atoms with Gasteiger partial charge in [-0.25, -0.2) is 0 Å². The minimum absolute atomic E-state index is 0.101. The fourth-order valence-electron chi connectivity index (χ4n) is 3.97. The Morgan fingerprint density at radius 2 is 0.947 bits per heavy atom. The molecule has 2 heterocycles. The van der Waals surface area contributed by atoms with Crippen molar-refractivity contribution in [3.8, 4) is 0 Å². The van der Waals surface area contributed by atoms with Gasteiger partial charge in [0.05, 0.1) is 0 Å². The zero-order valence-electron chi connectivity index (χ0n) is 20.1. The molecular formula is C30H24Br2N2O4.